The van der Waals surface area contributed by atoms with Crippen LogP contribution in [0.1, 0.15) is 13.8 Å². The van der Waals surface area contributed by atoms with E-state index in [1.807, 2.05) is 6.92 Å². The molecule has 4 heteroatoms. The molecular formula is C5H11NO2S. The highest BCUT2D eigenvalue weighted by Crippen LogP contribution is 2.26. The molecule has 54 valence electrons. The first kappa shape index (κ1) is 7.02. The van der Waals surface area contributed by atoms with E-state index in [9.17, 15) is 8.42 Å². The highest BCUT2D eigenvalue weighted by atomic mass is 32.2. The molecule has 0 saturated carbocycles. The number of nitrogens with zero attached hydrogens (tertiary/aromatic N) is 1. The second-order valence-electron chi connectivity index (χ2n) is 2.51. The van der Waals surface area contributed by atoms with Gasteiger partial charge in [0.15, 0.2) is 0 Å². The third kappa shape index (κ3) is 0.697. The Hall–Kier alpha value is -0.0900. The van der Waals surface area contributed by atoms with E-state index in [1.54, 1.807) is 14.0 Å². The molecule has 1 fully saturated rings. The molecule has 0 bridgehead atoms. The van der Waals surface area contributed by atoms with Crippen molar-refractivity contribution in [2.75, 3.05) is 7.05 Å². The van der Waals surface area contributed by atoms with Gasteiger partial charge in [-0.2, -0.15) is 0 Å². The number of hydrogen-bond donors (Lipinski definition) is 0. The molecule has 1 aliphatic heterocycles. The average Bonchev–Trinajstić information content (AvgIpc) is 1.84. The molecule has 0 N–H and O–H groups in total. The molecule has 0 spiro atoms. The highest BCUT2D eigenvalue weighted by Gasteiger charge is 2.45. The Labute approximate surface area is 55.7 Å². The molecule has 1 heterocycles. The van der Waals surface area contributed by atoms with Crippen LogP contribution in [0.4, 0.5) is 0 Å². The number of rotatable bonds is 0. The van der Waals surface area contributed by atoms with Gasteiger partial charge in [0, 0.05) is 13.1 Å². The Morgan fingerprint density at radius 2 is 1.78 bits per heavy atom. The van der Waals surface area contributed by atoms with E-state index in [2.05, 4.69) is 0 Å². The van der Waals surface area contributed by atoms with Gasteiger partial charge in [-0.05, 0) is 13.8 Å². The van der Waals surface area contributed by atoms with Crippen molar-refractivity contribution in [2.24, 2.45) is 0 Å². The monoisotopic (exact) mass is 149 g/mol. The molecule has 0 aromatic rings. The van der Waals surface area contributed by atoms with Crippen molar-refractivity contribution in [1.82, 2.24) is 4.31 Å². The summed E-state index contributed by atoms with van der Waals surface area (Å²) >= 11 is 0. The number of sulfonamides is 1. The lowest BCUT2D eigenvalue weighted by Gasteiger charge is -2.40. The molecule has 1 aliphatic rings. The minimum absolute atomic E-state index is 0.178. The fraction of sp³-hybridized carbons (Fsp3) is 1.00. The summed E-state index contributed by atoms with van der Waals surface area (Å²) in [5, 5.41) is -0.178. The fourth-order valence-electron chi connectivity index (χ4n) is 0.977. The van der Waals surface area contributed by atoms with Crippen LogP contribution in [0.5, 0.6) is 0 Å². The van der Waals surface area contributed by atoms with Gasteiger partial charge in [0.05, 0.1) is 5.25 Å². The van der Waals surface area contributed by atoms with E-state index in [4.69, 9.17) is 0 Å². The zero-order valence-corrected chi connectivity index (χ0v) is 6.64. The van der Waals surface area contributed by atoms with Gasteiger partial charge < -0.3 is 0 Å². The molecule has 1 saturated heterocycles. The largest absolute Gasteiger partial charge is 0.218 e. The zero-order valence-electron chi connectivity index (χ0n) is 5.83. The second-order valence-corrected chi connectivity index (χ2v) is 4.86. The van der Waals surface area contributed by atoms with Gasteiger partial charge in [0.25, 0.3) is 0 Å². The van der Waals surface area contributed by atoms with Crippen LogP contribution in [0, 0.1) is 0 Å². The molecule has 0 aliphatic carbocycles. The van der Waals surface area contributed by atoms with Gasteiger partial charge in [-0.15, -0.1) is 0 Å². The van der Waals surface area contributed by atoms with Crippen LogP contribution in [0.25, 0.3) is 0 Å². The first-order chi connectivity index (χ1) is 3.98. The maximum atomic E-state index is 10.9. The first-order valence-corrected chi connectivity index (χ1v) is 4.45. The third-order valence-electron chi connectivity index (χ3n) is 2.12. The lowest BCUT2D eigenvalue weighted by molar-refractivity contribution is 0.312. The Kier molecular flexibility index (Phi) is 1.33. The predicted molar refractivity (Wildman–Crippen MR) is 35.6 cm³/mol. The molecule has 2 atom stereocenters. The fourth-order valence-corrected chi connectivity index (χ4v) is 2.63. The van der Waals surface area contributed by atoms with Crippen molar-refractivity contribution in [1.29, 1.82) is 0 Å². The SMILES string of the molecule is C[C@@H]1[C@@H](C)S(=O)(=O)N1C. The van der Waals surface area contributed by atoms with Crippen molar-refractivity contribution < 1.29 is 8.42 Å². The smallest absolute Gasteiger partial charge is 0.212 e. The van der Waals surface area contributed by atoms with E-state index in [0.29, 0.717) is 0 Å². The van der Waals surface area contributed by atoms with Gasteiger partial charge in [-0.1, -0.05) is 0 Å². The summed E-state index contributed by atoms with van der Waals surface area (Å²) in [7, 11) is -1.24. The van der Waals surface area contributed by atoms with E-state index >= 15 is 0 Å². The van der Waals surface area contributed by atoms with Crippen LogP contribution >= 0.6 is 0 Å². The minimum atomic E-state index is -2.85. The predicted octanol–water partition coefficient (Wildman–Crippen LogP) is 0.0386. The van der Waals surface area contributed by atoms with Crippen molar-refractivity contribution in [3.8, 4) is 0 Å². The minimum Gasteiger partial charge on any atom is -0.212 e. The van der Waals surface area contributed by atoms with Crippen LogP contribution < -0.4 is 0 Å². The van der Waals surface area contributed by atoms with Gasteiger partial charge in [0.1, 0.15) is 0 Å². The Bertz CT molecular complexity index is 193. The van der Waals surface area contributed by atoms with Crippen LogP contribution in [0.2, 0.25) is 0 Å². The zero-order chi connectivity index (χ0) is 7.23. The van der Waals surface area contributed by atoms with Gasteiger partial charge >= 0.3 is 0 Å². The summed E-state index contributed by atoms with van der Waals surface area (Å²) in [6, 6.07) is 0.190. The molecule has 0 unspecified atom stereocenters. The van der Waals surface area contributed by atoms with Crippen molar-refractivity contribution in [2.45, 2.75) is 25.1 Å². The van der Waals surface area contributed by atoms with Crippen LogP contribution in [-0.4, -0.2) is 31.1 Å². The van der Waals surface area contributed by atoms with Gasteiger partial charge in [-0.25, -0.2) is 12.7 Å². The normalized spacial score (nSPS) is 42.1. The molecule has 0 radical (unpaired) electrons. The molecule has 0 amide bonds. The maximum Gasteiger partial charge on any atom is 0.218 e. The molecule has 0 aromatic heterocycles. The summed E-state index contributed by atoms with van der Waals surface area (Å²) in [5.41, 5.74) is 0. The third-order valence-corrected chi connectivity index (χ3v) is 4.59. The molecule has 9 heavy (non-hydrogen) atoms. The lowest BCUT2D eigenvalue weighted by atomic mass is 10.2. The summed E-state index contributed by atoms with van der Waals surface area (Å²) in [5.74, 6) is 0. The average molecular weight is 149 g/mol. The Morgan fingerprint density at radius 1 is 1.33 bits per heavy atom. The van der Waals surface area contributed by atoms with E-state index < -0.39 is 10.0 Å². The van der Waals surface area contributed by atoms with E-state index in [1.165, 1.54) is 4.31 Å². The lowest BCUT2D eigenvalue weighted by Crippen LogP contribution is -2.58. The van der Waals surface area contributed by atoms with E-state index in [-0.39, 0.29) is 11.3 Å². The summed E-state index contributed by atoms with van der Waals surface area (Å²) in [6.07, 6.45) is 0. The maximum absolute atomic E-state index is 10.9. The van der Waals surface area contributed by atoms with Crippen LogP contribution in [0.15, 0.2) is 0 Å². The first-order valence-electron chi connectivity index (χ1n) is 2.95. The standard InChI is InChI=1S/C5H11NO2S/c1-4-5(2)9(7,8)6(4)3/h4-5H,1-3H3/t4-,5-/m1/s1. The molecule has 3 nitrogen and oxygen atoms in total. The van der Waals surface area contributed by atoms with Crippen LogP contribution in [-0.2, 0) is 10.0 Å². The summed E-state index contributed by atoms with van der Waals surface area (Å²) in [4.78, 5) is 0. The summed E-state index contributed by atoms with van der Waals surface area (Å²) < 4.78 is 23.2. The summed E-state index contributed by atoms with van der Waals surface area (Å²) in [6.45, 7) is 3.64. The molecule has 0 aromatic carbocycles. The van der Waals surface area contributed by atoms with Crippen molar-refractivity contribution in [3.63, 3.8) is 0 Å². The second kappa shape index (κ2) is 1.70. The van der Waals surface area contributed by atoms with Crippen molar-refractivity contribution in [3.05, 3.63) is 0 Å². The van der Waals surface area contributed by atoms with Gasteiger partial charge in [-0.3, -0.25) is 0 Å². The van der Waals surface area contributed by atoms with Gasteiger partial charge in [0.2, 0.25) is 10.0 Å². The van der Waals surface area contributed by atoms with Crippen LogP contribution in [0.3, 0.4) is 0 Å². The Morgan fingerprint density at radius 3 is 1.89 bits per heavy atom. The Balaban J connectivity index is 2.87. The van der Waals surface area contributed by atoms with E-state index in [0.717, 1.165) is 0 Å². The number of hydrogen-bond acceptors (Lipinski definition) is 2. The quantitative estimate of drug-likeness (QED) is 0.487. The molecule has 1 rings (SSSR count). The topological polar surface area (TPSA) is 37.4 Å². The highest BCUT2D eigenvalue weighted by molar-refractivity contribution is 7.91. The van der Waals surface area contributed by atoms with Crippen molar-refractivity contribution >= 4 is 10.0 Å². The molecular weight excluding hydrogens is 138 g/mol.